The van der Waals surface area contributed by atoms with Gasteiger partial charge in [-0.3, -0.25) is 0 Å². The van der Waals surface area contributed by atoms with Gasteiger partial charge in [0.05, 0.1) is 19.8 Å². The molecule has 1 rings (SSSR count). The highest BCUT2D eigenvalue weighted by Crippen LogP contribution is 2.33. The molecule has 0 aliphatic carbocycles. The van der Waals surface area contributed by atoms with Gasteiger partial charge < -0.3 is 19.4 Å². The molecule has 92 valence electrons. The van der Waals surface area contributed by atoms with Crippen LogP contribution in [-0.2, 0) is 11.2 Å². The molecule has 0 radical (unpaired) electrons. The summed E-state index contributed by atoms with van der Waals surface area (Å²) in [5.74, 6) is -0.217. The third-order valence-electron chi connectivity index (χ3n) is 2.33. The van der Waals surface area contributed by atoms with Gasteiger partial charge in [0.2, 0.25) is 0 Å². The Bertz CT molecular complexity index is 425. The van der Waals surface area contributed by atoms with Crippen LogP contribution in [0.3, 0.4) is 0 Å². The van der Waals surface area contributed by atoms with Crippen LogP contribution in [0, 0.1) is 0 Å². The Morgan fingerprint density at radius 2 is 2.06 bits per heavy atom. The highest BCUT2D eigenvalue weighted by Gasteiger charge is 2.15. The molecule has 0 saturated heterocycles. The molecule has 0 spiro atoms. The third kappa shape index (κ3) is 2.96. The standard InChI is InChI=1S/C12H14O5/c1-16-10-7-9(12(14)15)6-8(4-3-5-13)11(10)17-2/h5-7H,3-4H2,1-2H3,(H,14,15). The van der Waals surface area contributed by atoms with Crippen molar-refractivity contribution in [1.29, 1.82) is 0 Å². The van der Waals surface area contributed by atoms with E-state index in [2.05, 4.69) is 0 Å². The Morgan fingerprint density at radius 3 is 2.53 bits per heavy atom. The van der Waals surface area contributed by atoms with Gasteiger partial charge in [-0.1, -0.05) is 0 Å². The van der Waals surface area contributed by atoms with Gasteiger partial charge in [0.15, 0.2) is 11.5 Å². The number of hydrogen-bond acceptors (Lipinski definition) is 4. The minimum absolute atomic E-state index is 0.114. The highest BCUT2D eigenvalue weighted by molar-refractivity contribution is 5.89. The molecule has 0 atom stereocenters. The molecule has 5 heteroatoms. The molecule has 0 heterocycles. The zero-order valence-electron chi connectivity index (χ0n) is 9.73. The Hall–Kier alpha value is -2.04. The van der Waals surface area contributed by atoms with Crippen molar-refractivity contribution in [2.75, 3.05) is 14.2 Å². The number of benzene rings is 1. The van der Waals surface area contributed by atoms with Crippen LogP contribution in [0.1, 0.15) is 22.3 Å². The van der Waals surface area contributed by atoms with Gasteiger partial charge in [0, 0.05) is 6.42 Å². The zero-order chi connectivity index (χ0) is 12.8. The molecule has 0 aliphatic rings. The van der Waals surface area contributed by atoms with Gasteiger partial charge in [-0.15, -0.1) is 0 Å². The second-order valence-electron chi connectivity index (χ2n) is 3.38. The van der Waals surface area contributed by atoms with Gasteiger partial charge in [-0.05, 0) is 24.1 Å². The lowest BCUT2D eigenvalue weighted by Gasteiger charge is -2.13. The summed E-state index contributed by atoms with van der Waals surface area (Å²) in [7, 11) is 2.91. The molecular formula is C12H14O5. The predicted molar refractivity (Wildman–Crippen MR) is 60.9 cm³/mol. The van der Waals surface area contributed by atoms with Crippen molar-refractivity contribution in [3.8, 4) is 11.5 Å². The second-order valence-corrected chi connectivity index (χ2v) is 3.38. The van der Waals surface area contributed by atoms with Gasteiger partial charge in [0.25, 0.3) is 0 Å². The molecule has 0 saturated carbocycles. The zero-order valence-corrected chi connectivity index (χ0v) is 9.73. The highest BCUT2D eigenvalue weighted by atomic mass is 16.5. The van der Waals surface area contributed by atoms with Crippen LogP contribution in [0.2, 0.25) is 0 Å². The van der Waals surface area contributed by atoms with Crippen LogP contribution >= 0.6 is 0 Å². The number of carbonyl (C=O) groups is 2. The maximum Gasteiger partial charge on any atom is 0.335 e. The minimum Gasteiger partial charge on any atom is -0.493 e. The number of carbonyl (C=O) groups excluding carboxylic acids is 1. The number of rotatable bonds is 6. The molecule has 0 unspecified atom stereocenters. The van der Waals surface area contributed by atoms with Crippen LogP contribution in [0.5, 0.6) is 11.5 Å². The smallest absolute Gasteiger partial charge is 0.335 e. The number of methoxy groups -OCH3 is 2. The van der Waals surface area contributed by atoms with E-state index < -0.39 is 5.97 Å². The van der Waals surface area contributed by atoms with E-state index in [9.17, 15) is 9.59 Å². The van der Waals surface area contributed by atoms with Crippen molar-refractivity contribution in [1.82, 2.24) is 0 Å². The lowest BCUT2D eigenvalue weighted by molar-refractivity contribution is -0.107. The molecule has 0 amide bonds. The van der Waals surface area contributed by atoms with Gasteiger partial charge in [-0.2, -0.15) is 0 Å². The van der Waals surface area contributed by atoms with Gasteiger partial charge in [-0.25, -0.2) is 4.79 Å². The number of ether oxygens (including phenoxy) is 2. The Balaban J connectivity index is 3.26. The Morgan fingerprint density at radius 1 is 1.35 bits per heavy atom. The van der Waals surface area contributed by atoms with Gasteiger partial charge >= 0.3 is 5.97 Å². The largest absolute Gasteiger partial charge is 0.493 e. The van der Waals surface area contributed by atoms with E-state index in [1.807, 2.05) is 0 Å². The number of carboxylic acids is 1. The molecule has 0 fully saturated rings. The van der Waals surface area contributed by atoms with E-state index in [-0.39, 0.29) is 5.56 Å². The summed E-state index contributed by atoms with van der Waals surface area (Å²) in [6, 6.07) is 2.89. The SMILES string of the molecule is COc1cc(C(=O)O)cc(CCC=O)c1OC. The van der Waals surface area contributed by atoms with Crippen LogP contribution in [-0.4, -0.2) is 31.6 Å². The van der Waals surface area contributed by atoms with E-state index in [0.717, 1.165) is 6.29 Å². The molecule has 5 nitrogen and oxygen atoms in total. The first kappa shape index (κ1) is 13.0. The summed E-state index contributed by atoms with van der Waals surface area (Å²) < 4.78 is 10.2. The summed E-state index contributed by atoms with van der Waals surface area (Å²) in [6.07, 6.45) is 1.51. The topological polar surface area (TPSA) is 72.8 Å². The van der Waals surface area contributed by atoms with Crippen LogP contribution in [0.25, 0.3) is 0 Å². The van der Waals surface area contributed by atoms with Crippen molar-refractivity contribution >= 4 is 12.3 Å². The average Bonchev–Trinajstić information content (AvgIpc) is 2.34. The summed E-state index contributed by atoms with van der Waals surface area (Å²) in [5, 5.41) is 8.95. The van der Waals surface area contributed by atoms with Crippen molar-refractivity contribution < 1.29 is 24.2 Å². The monoisotopic (exact) mass is 238 g/mol. The maximum atomic E-state index is 10.9. The minimum atomic E-state index is -1.04. The molecule has 17 heavy (non-hydrogen) atoms. The van der Waals surface area contributed by atoms with Gasteiger partial charge in [0.1, 0.15) is 6.29 Å². The van der Waals surface area contributed by atoms with Crippen LogP contribution in [0.4, 0.5) is 0 Å². The van der Waals surface area contributed by atoms with Crippen LogP contribution < -0.4 is 9.47 Å². The number of aromatic carboxylic acids is 1. The van der Waals surface area contributed by atoms with E-state index in [0.29, 0.717) is 29.9 Å². The average molecular weight is 238 g/mol. The Kier molecular flexibility index (Phi) is 4.51. The first-order valence-electron chi connectivity index (χ1n) is 5.05. The molecule has 0 bridgehead atoms. The summed E-state index contributed by atoms with van der Waals surface area (Å²) in [6.45, 7) is 0. The fourth-order valence-electron chi connectivity index (χ4n) is 1.57. The van der Waals surface area contributed by atoms with Crippen molar-refractivity contribution in [2.45, 2.75) is 12.8 Å². The maximum absolute atomic E-state index is 10.9. The Labute approximate surface area is 99.0 Å². The second kappa shape index (κ2) is 5.89. The molecule has 0 aromatic heterocycles. The lowest BCUT2D eigenvalue weighted by atomic mass is 10.0. The van der Waals surface area contributed by atoms with E-state index in [4.69, 9.17) is 14.6 Å². The van der Waals surface area contributed by atoms with E-state index in [1.54, 1.807) is 0 Å². The van der Waals surface area contributed by atoms with E-state index >= 15 is 0 Å². The fraction of sp³-hybridized carbons (Fsp3) is 0.333. The first-order chi connectivity index (χ1) is 8.13. The molecule has 1 N–H and O–H groups in total. The molecule has 1 aromatic rings. The fourth-order valence-corrected chi connectivity index (χ4v) is 1.57. The number of carboxylic acid groups (broad SMARTS) is 1. The number of aryl methyl sites for hydroxylation is 1. The van der Waals surface area contributed by atoms with Crippen molar-refractivity contribution in [2.24, 2.45) is 0 Å². The van der Waals surface area contributed by atoms with Crippen molar-refractivity contribution in [3.63, 3.8) is 0 Å². The molecular weight excluding hydrogens is 224 g/mol. The summed E-state index contributed by atoms with van der Waals surface area (Å²) >= 11 is 0. The molecule has 1 aromatic carbocycles. The summed E-state index contributed by atoms with van der Waals surface area (Å²) in [5.41, 5.74) is 0.764. The lowest BCUT2D eigenvalue weighted by Crippen LogP contribution is -2.03. The predicted octanol–water partition coefficient (Wildman–Crippen LogP) is 1.53. The first-order valence-corrected chi connectivity index (χ1v) is 5.05. The summed E-state index contributed by atoms with van der Waals surface area (Å²) in [4.78, 5) is 21.3. The van der Waals surface area contributed by atoms with E-state index in [1.165, 1.54) is 26.4 Å². The number of hydrogen-bond donors (Lipinski definition) is 1. The quantitative estimate of drug-likeness (QED) is 0.761. The third-order valence-corrected chi connectivity index (χ3v) is 2.33. The molecule has 0 aliphatic heterocycles. The van der Waals surface area contributed by atoms with Crippen molar-refractivity contribution in [3.05, 3.63) is 23.3 Å². The number of aldehydes is 1. The van der Waals surface area contributed by atoms with Crippen LogP contribution in [0.15, 0.2) is 12.1 Å². The normalized spacial score (nSPS) is 9.76.